The Morgan fingerprint density at radius 3 is 2.59 bits per heavy atom. The van der Waals surface area contributed by atoms with Crippen molar-refractivity contribution in [1.29, 1.82) is 0 Å². The van der Waals surface area contributed by atoms with Gasteiger partial charge in [-0.2, -0.15) is 0 Å². The van der Waals surface area contributed by atoms with E-state index < -0.39 is 0 Å². The number of hydrogen-bond acceptors (Lipinski definition) is 4. The van der Waals surface area contributed by atoms with E-state index in [1.54, 1.807) is 17.5 Å². The third kappa shape index (κ3) is 7.64. The van der Waals surface area contributed by atoms with E-state index >= 15 is 0 Å². The maximum Gasteiger partial charge on any atom is 0.188 e. The van der Waals surface area contributed by atoms with Crippen LogP contribution in [-0.2, 0) is 25.8 Å². The highest BCUT2D eigenvalue weighted by molar-refractivity contribution is 14.0. The van der Waals surface area contributed by atoms with Crippen molar-refractivity contribution in [3.63, 3.8) is 0 Å². The number of halogens is 1. The summed E-state index contributed by atoms with van der Waals surface area (Å²) < 4.78 is 0. The third-order valence-corrected chi connectivity index (χ3v) is 4.85. The van der Waals surface area contributed by atoms with Gasteiger partial charge in [0.15, 0.2) is 5.96 Å². The molecular formula is C20H24IN5S. The van der Waals surface area contributed by atoms with Crippen LogP contribution >= 0.6 is 35.3 Å². The van der Waals surface area contributed by atoms with E-state index in [0.717, 1.165) is 35.7 Å². The molecule has 0 aliphatic heterocycles. The van der Waals surface area contributed by atoms with Crippen LogP contribution in [0.3, 0.4) is 0 Å². The Hall–Kier alpha value is -2.00. The molecule has 7 heteroatoms. The SMILES string of the molecule is I.NC(=NCc1csc(CCc2ccccc2)n1)NCCc1ccccn1. The van der Waals surface area contributed by atoms with Crippen LogP contribution in [0.2, 0.25) is 0 Å². The number of benzene rings is 1. The summed E-state index contributed by atoms with van der Waals surface area (Å²) in [5.41, 5.74) is 9.26. The average Bonchev–Trinajstić information content (AvgIpc) is 3.14. The Bertz CT molecular complexity index is 821. The molecule has 3 aromatic rings. The quantitative estimate of drug-likeness (QED) is 0.286. The minimum Gasteiger partial charge on any atom is -0.370 e. The number of hydrogen-bond donors (Lipinski definition) is 2. The number of aromatic nitrogens is 2. The number of nitrogens with two attached hydrogens (primary N) is 1. The van der Waals surface area contributed by atoms with Crippen molar-refractivity contribution in [2.45, 2.75) is 25.8 Å². The lowest BCUT2D eigenvalue weighted by Crippen LogP contribution is -2.33. The summed E-state index contributed by atoms with van der Waals surface area (Å²) in [7, 11) is 0. The number of guanidine groups is 1. The maximum absolute atomic E-state index is 5.92. The van der Waals surface area contributed by atoms with Crippen molar-refractivity contribution >= 4 is 41.3 Å². The second-order valence-corrected chi connectivity index (χ2v) is 6.86. The predicted octanol–water partition coefficient (Wildman–Crippen LogP) is 3.59. The molecule has 0 aliphatic carbocycles. The van der Waals surface area contributed by atoms with Crippen LogP contribution in [0, 0.1) is 0 Å². The summed E-state index contributed by atoms with van der Waals surface area (Å²) in [5, 5.41) is 6.32. The Morgan fingerprint density at radius 1 is 1.00 bits per heavy atom. The molecule has 0 aliphatic rings. The lowest BCUT2D eigenvalue weighted by atomic mass is 10.1. The average molecular weight is 493 g/mol. The van der Waals surface area contributed by atoms with Gasteiger partial charge in [-0.1, -0.05) is 36.4 Å². The summed E-state index contributed by atoms with van der Waals surface area (Å²) in [6.07, 6.45) is 4.58. The summed E-state index contributed by atoms with van der Waals surface area (Å²) in [6.45, 7) is 1.22. The fraction of sp³-hybridized carbons (Fsp3) is 0.250. The van der Waals surface area contributed by atoms with E-state index in [1.165, 1.54) is 5.56 Å². The minimum absolute atomic E-state index is 0. The minimum atomic E-state index is 0. The first-order chi connectivity index (χ1) is 12.8. The Morgan fingerprint density at radius 2 is 1.81 bits per heavy atom. The van der Waals surface area contributed by atoms with E-state index in [9.17, 15) is 0 Å². The molecule has 0 spiro atoms. The first kappa shape index (κ1) is 21.3. The number of nitrogens with one attached hydrogen (secondary N) is 1. The molecule has 0 saturated carbocycles. The van der Waals surface area contributed by atoms with Gasteiger partial charge in [-0.15, -0.1) is 35.3 Å². The Kier molecular flexibility index (Phi) is 9.20. The van der Waals surface area contributed by atoms with Crippen molar-refractivity contribution in [1.82, 2.24) is 15.3 Å². The van der Waals surface area contributed by atoms with E-state index in [0.29, 0.717) is 19.0 Å². The lowest BCUT2D eigenvalue weighted by Gasteiger charge is -2.04. The van der Waals surface area contributed by atoms with Gasteiger partial charge < -0.3 is 11.1 Å². The normalized spacial score (nSPS) is 11.0. The van der Waals surface area contributed by atoms with Crippen molar-refractivity contribution in [2.75, 3.05) is 6.54 Å². The van der Waals surface area contributed by atoms with E-state index in [4.69, 9.17) is 5.73 Å². The van der Waals surface area contributed by atoms with Crippen LogP contribution in [0.25, 0.3) is 0 Å². The van der Waals surface area contributed by atoms with Crippen LogP contribution in [0.4, 0.5) is 0 Å². The topological polar surface area (TPSA) is 76.2 Å². The number of thiazole rings is 1. The van der Waals surface area contributed by atoms with Crippen LogP contribution in [0.15, 0.2) is 65.1 Å². The number of pyridine rings is 1. The molecule has 0 amide bonds. The van der Waals surface area contributed by atoms with Crippen molar-refractivity contribution in [3.8, 4) is 0 Å². The molecule has 2 heterocycles. The summed E-state index contributed by atoms with van der Waals surface area (Å²) in [5.74, 6) is 0.444. The molecule has 0 unspecified atom stereocenters. The highest BCUT2D eigenvalue weighted by Crippen LogP contribution is 2.13. The van der Waals surface area contributed by atoms with Crippen molar-refractivity contribution in [3.05, 3.63) is 82.1 Å². The molecule has 0 saturated heterocycles. The van der Waals surface area contributed by atoms with Crippen LogP contribution in [0.5, 0.6) is 0 Å². The van der Waals surface area contributed by atoms with Crippen molar-refractivity contribution in [2.24, 2.45) is 10.7 Å². The van der Waals surface area contributed by atoms with E-state index in [1.807, 2.05) is 24.3 Å². The molecular weight excluding hydrogens is 469 g/mol. The second-order valence-electron chi connectivity index (χ2n) is 5.92. The molecule has 0 fully saturated rings. The van der Waals surface area contributed by atoms with Gasteiger partial charge in [-0.3, -0.25) is 4.98 Å². The number of nitrogens with zero attached hydrogens (tertiary/aromatic N) is 3. The molecule has 1 aromatic carbocycles. The first-order valence-corrected chi connectivity index (χ1v) is 9.58. The molecule has 142 valence electrons. The Labute approximate surface area is 181 Å². The number of aliphatic imine (C=N–C) groups is 1. The maximum atomic E-state index is 5.92. The molecule has 0 bridgehead atoms. The molecule has 2 aromatic heterocycles. The zero-order chi connectivity index (χ0) is 18.0. The van der Waals surface area contributed by atoms with Gasteiger partial charge in [-0.05, 0) is 24.1 Å². The third-order valence-electron chi connectivity index (χ3n) is 3.89. The van der Waals surface area contributed by atoms with E-state index in [2.05, 4.69) is 49.9 Å². The standard InChI is InChI=1S/C20H23N5S.HI/c21-20(23-13-11-17-8-4-5-12-22-17)24-14-18-15-26-19(25-18)10-9-16-6-2-1-3-7-16;/h1-8,12,15H,9-11,13-14H2,(H3,21,23,24);1H. The fourth-order valence-electron chi connectivity index (χ4n) is 2.52. The van der Waals surface area contributed by atoms with Gasteiger partial charge >= 0.3 is 0 Å². The predicted molar refractivity (Wildman–Crippen MR) is 123 cm³/mol. The summed E-state index contributed by atoms with van der Waals surface area (Å²) in [4.78, 5) is 13.3. The fourth-order valence-corrected chi connectivity index (χ4v) is 3.31. The highest BCUT2D eigenvalue weighted by atomic mass is 127. The Balaban J connectivity index is 0.00000261. The van der Waals surface area contributed by atoms with Crippen LogP contribution < -0.4 is 11.1 Å². The van der Waals surface area contributed by atoms with Crippen LogP contribution in [0.1, 0.15) is 22.0 Å². The summed E-state index contributed by atoms with van der Waals surface area (Å²) >= 11 is 1.69. The zero-order valence-electron chi connectivity index (χ0n) is 15.0. The molecule has 3 rings (SSSR count). The molecule has 0 radical (unpaired) electrons. The zero-order valence-corrected chi connectivity index (χ0v) is 18.2. The van der Waals surface area contributed by atoms with Crippen LogP contribution in [-0.4, -0.2) is 22.5 Å². The number of rotatable bonds is 8. The molecule has 0 atom stereocenters. The highest BCUT2D eigenvalue weighted by Gasteiger charge is 2.03. The molecule has 5 nitrogen and oxygen atoms in total. The number of aryl methyl sites for hydroxylation is 2. The van der Waals surface area contributed by atoms with Gasteiger partial charge in [0, 0.05) is 36.7 Å². The van der Waals surface area contributed by atoms with Crippen molar-refractivity contribution < 1.29 is 0 Å². The monoisotopic (exact) mass is 493 g/mol. The molecule has 3 N–H and O–H groups in total. The van der Waals surface area contributed by atoms with Gasteiger partial charge in [0.2, 0.25) is 0 Å². The lowest BCUT2D eigenvalue weighted by molar-refractivity contribution is 0.824. The molecule has 27 heavy (non-hydrogen) atoms. The van der Waals surface area contributed by atoms with Gasteiger partial charge in [0.25, 0.3) is 0 Å². The van der Waals surface area contributed by atoms with Gasteiger partial charge in [0.1, 0.15) is 0 Å². The van der Waals surface area contributed by atoms with Gasteiger partial charge in [0.05, 0.1) is 17.2 Å². The van der Waals surface area contributed by atoms with E-state index in [-0.39, 0.29) is 24.0 Å². The second kappa shape index (κ2) is 11.7. The first-order valence-electron chi connectivity index (χ1n) is 8.70. The van der Waals surface area contributed by atoms with Gasteiger partial charge in [-0.25, -0.2) is 9.98 Å². The largest absolute Gasteiger partial charge is 0.370 e. The summed E-state index contributed by atoms with van der Waals surface area (Å²) in [6, 6.07) is 16.4. The smallest absolute Gasteiger partial charge is 0.188 e.